The first kappa shape index (κ1) is 16.7. The van der Waals surface area contributed by atoms with Gasteiger partial charge in [-0.25, -0.2) is 0 Å². The Morgan fingerprint density at radius 3 is 2.92 bits per heavy atom. The van der Waals surface area contributed by atoms with Gasteiger partial charge in [0.2, 0.25) is 5.91 Å². The maximum atomic E-state index is 12.4. The van der Waals surface area contributed by atoms with Crippen LogP contribution in [0.4, 0.5) is 5.69 Å². The van der Waals surface area contributed by atoms with Crippen LogP contribution in [0.5, 0.6) is 0 Å². The van der Waals surface area contributed by atoms with E-state index in [9.17, 15) is 4.79 Å². The van der Waals surface area contributed by atoms with Gasteiger partial charge < -0.3 is 10.6 Å². The molecule has 0 radical (unpaired) electrons. The van der Waals surface area contributed by atoms with Crippen molar-refractivity contribution in [1.82, 2.24) is 15.1 Å². The quantitative estimate of drug-likeness (QED) is 0.728. The van der Waals surface area contributed by atoms with Crippen LogP contribution in [0.25, 0.3) is 0 Å². The number of aromatic nitrogens is 2. The highest BCUT2D eigenvalue weighted by molar-refractivity contribution is 6.30. The van der Waals surface area contributed by atoms with Crippen LogP contribution in [0.1, 0.15) is 16.7 Å². The molecule has 5 nitrogen and oxygen atoms in total. The fourth-order valence-electron chi connectivity index (χ4n) is 3.16. The number of rotatable bonds is 5. The van der Waals surface area contributed by atoms with E-state index >= 15 is 0 Å². The van der Waals surface area contributed by atoms with Crippen LogP contribution in [0, 0.1) is 0 Å². The summed E-state index contributed by atoms with van der Waals surface area (Å²) in [6.45, 7) is 1.18. The second kappa shape index (κ2) is 7.22. The lowest BCUT2D eigenvalue weighted by Gasteiger charge is -2.11. The molecule has 0 saturated carbocycles. The first-order chi connectivity index (χ1) is 12.7. The highest BCUT2D eigenvalue weighted by Crippen LogP contribution is 2.28. The molecule has 3 aromatic rings. The van der Waals surface area contributed by atoms with Crippen molar-refractivity contribution in [3.63, 3.8) is 0 Å². The lowest BCUT2D eigenvalue weighted by atomic mass is 10.1. The lowest BCUT2D eigenvalue weighted by molar-refractivity contribution is -0.121. The normalized spacial score (nSPS) is 15.3. The summed E-state index contributed by atoms with van der Waals surface area (Å²) in [4.78, 5) is 12.4. The fraction of sp³-hybridized carbons (Fsp3) is 0.200. The number of hydrogen-bond donors (Lipinski definition) is 2. The van der Waals surface area contributed by atoms with E-state index < -0.39 is 0 Å². The first-order valence-corrected chi connectivity index (χ1v) is 8.93. The van der Waals surface area contributed by atoms with Gasteiger partial charge in [0.25, 0.3) is 0 Å². The zero-order chi connectivity index (χ0) is 17.9. The molecule has 0 aliphatic carbocycles. The SMILES string of the molecule is O=C(NCc1cnn(Cc2ccccc2)c1)[C@H]1Cc2cc(Cl)ccc2N1. The number of halogens is 1. The molecule has 4 rings (SSSR count). The second-order valence-corrected chi connectivity index (χ2v) is 6.89. The van der Waals surface area contributed by atoms with Crippen molar-refractivity contribution in [2.24, 2.45) is 0 Å². The fourth-order valence-corrected chi connectivity index (χ4v) is 3.35. The zero-order valence-corrected chi connectivity index (χ0v) is 14.9. The van der Waals surface area contributed by atoms with Crippen LogP contribution in [-0.2, 0) is 24.3 Å². The van der Waals surface area contributed by atoms with Crippen LogP contribution in [0.3, 0.4) is 0 Å². The van der Waals surface area contributed by atoms with Crippen LogP contribution < -0.4 is 10.6 Å². The summed E-state index contributed by atoms with van der Waals surface area (Å²) in [6.07, 6.45) is 4.40. The van der Waals surface area contributed by atoms with E-state index in [0.29, 0.717) is 18.0 Å². The summed E-state index contributed by atoms with van der Waals surface area (Å²) < 4.78 is 1.88. The van der Waals surface area contributed by atoms with Crippen molar-refractivity contribution in [2.75, 3.05) is 5.32 Å². The van der Waals surface area contributed by atoms with E-state index in [2.05, 4.69) is 27.9 Å². The minimum atomic E-state index is -0.261. The molecule has 1 amide bonds. The maximum Gasteiger partial charge on any atom is 0.243 e. The molecule has 0 bridgehead atoms. The molecule has 1 aromatic heterocycles. The molecule has 26 heavy (non-hydrogen) atoms. The van der Waals surface area contributed by atoms with Gasteiger partial charge in [0, 0.05) is 35.4 Å². The average Bonchev–Trinajstić information content (AvgIpc) is 3.27. The highest BCUT2D eigenvalue weighted by Gasteiger charge is 2.26. The topological polar surface area (TPSA) is 59.0 Å². The third-order valence-electron chi connectivity index (χ3n) is 4.48. The number of carbonyl (C=O) groups is 1. The Bertz CT molecular complexity index is 923. The molecule has 0 fully saturated rings. The van der Waals surface area contributed by atoms with E-state index in [-0.39, 0.29) is 11.9 Å². The Balaban J connectivity index is 1.31. The number of nitrogens with one attached hydrogen (secondary N) is 2. The van der Waals surface area contributed by atoms with Gasteiger partial charge in [-0.05, 0) is 29.3 Å². The number of fused-ring (bicyclic) bond motifs is 1. The molecule has 1 atom stereocenters. The standard InChI is InChI=1S/C20H19ClN4O/c21-17-6-7-18-16(8-17)9-19(24-18)20(26)22-10-15-11-23-25(13-15)12-14-4-2-1-3-5-14/h1-8,11,13,19,24H,9-10,12H2,(H,22,26)/t19-/m1/s1. The van der Waals surface area contributed by atoms with Crippen LogP contribution in [0.15, 0.2) is 60.9 Å². The molecule has 0 unspecified atom stereocenters. The number of hydrogen-bond acceptors (Lipinski definition) is 3. The summed E-state index contributed by atoms with van der Waals surface area (Å²) in [7, 11) is 0. The third-order valence-corrected chi connectivity index (χ3v) is 4.71. The first-order valence-electron chi connectivity index (χ1n) is 8.55. The minimum absolute atomic E-state index is 0.0202. The van der Waals surface area contributed by atoms with Gasteiger partial charge in [0.1, 0.15) is 6.04 Å². The van der Waals surface area contributed by atoms with Crippen molar-refractivity contribution in [3.8, 4) is 0 Å². The van der Waals surface area contributed by atoms with Crippen LogP contribution in [0.2, 0.25) is 5.02 Å². The van der Waals surface area contributed by atoms with Gasteiger partial charge in [0.15, 0.2) is 0 Å². The smallest absolute Gasteiger partial charge is 0.243 e. The van der Waals surface area contributed by atoms with Crippen LogP contribution >= 0.6 is 11.6 Å². The minimum Gasteiger partial charge on any atom is -0.373 e. The summed E-state index contributed by atoms with van der Waals surface area (Å²) >= 11 is 6.01. The molecule has 2 N–H and O–H groups in total. The molecule has 1 aliphatic rings. The summed E-state index contributed by atoms with van der Waals surface area (Å²) in [5.74, 6) is -0.0202. The lowest BCUT2D eigenvalue weighted by Crippen LogP contribution is -2.37. The van der Waals surface area contributed by atoms with Crippen molar-refractivity contribution >= 4 is 23.2 Å². The van der Waals surface area contributed by atoms with Gasteiger partial charge in [-0.1, -0.05) is 41.9 Å². The Hall–Kier alpha value is -2.79. The van der Waals surface area contributed by atoms with Gasteiger partial charge in [0.05, 0.1) is 12.7 Å². The predicted octanol–water partition coefficient (Wildman–Crippen LogP) is 3.24. The molecule has 0 saturated heterocycles. The Morgan fingerprint density at radius 2 is 2.08 bits per heavy atom. The molecular weight excluding hydrogens is 348 g/mol. The molecule has 2 aromatic carbocycles. The number of carbonyl (C=O) groups excluding carboxylic acids is 1. The average molecular weight is 367 g/mol. The van der Waals surface area contributed by atoms with Crippen LogP contribution in [-0.4, -0.2) is 21.7 Å². The summed E-state index contributed by atoms with van der Waals surface area (Å²) in [5, 5.41) is 11.3. The van der Waals surface area contributed by atoms with Crippen molar-refractivity contribution < 1.29 is 4.79 Å². The van der Waals surface area contributed by atoms with E-state index in [1.807, 2.05) is 47.3 Å². The van der Waals surface area contributed by atoms with Crippen molar-refractivity contribution in [2.45, 2.75) is 25.6 Å². The monoisotopic (exact) mass is 366 g/mol. The summed E-state index contributed by atoms with van der Waals surface area (Å²) in [5.41, 5.74) is 4.23. The molecule has 0 spiro atoms. The van der Waals surface area contributed by atoms with Crippen molar-refractivity contribution in [1.29, 1.82) is 0 Å². The number of nitrogens with zero attached hydrogens (tertiary/aromatic N) is 2. The molecule has 132 valence electrons. The third kappa shape index (κ3) is 3.73. The number of amides is 1. The summed E-state index contributed by atoms with van der Waals surface area (Å²) in [6, 6.07) is 15.6. The highest BCUT2D eigenvalue weighted by atomic mass is 35.5. The number of benzene rings is 2. The van der Waals surface area contributed by atoms with E-state index in [1.165, 1.54) is 5.56 Å². The van der Waals surface area contributed by atoms with Gasteiger partial charge in [-0.15, -0.1) is 0 Å². The Kier molecular flexibility index (Phi) is 4.63. The largest absolute Gasteiger partial charge is 0.373 e. The maximum absolute atomic E-state index is 12.4. The predicted molar refractivity (Wildman–Crippen MR) is 102 cm³/mol. The second-order valence-electron chi connectivity index (χ2n) is 6.45. The van der Waals surface area contributed by atoms with E-state index in [4.69, 9.17) is 11.6 Å². The molecule has 2 heterocycles. The van der Waals surface area contributed by atoms with E-state index in [0.717, 1.165) is 23.4 Å². The molecule has 6 heteroatoms. The van der Waals surface area contributed by atoms with Crippen molar-refractivity contribution in [3.05, 3.63) is 82.6 Å². The molecular formula is C20H19ClN4O. The Morgan fingerprint density at radius 1 is 1.23 bits per heavy atom. The Labute approximate surface area is 157 Å². The zero-order valence-electron chi connectivity index (χ0n) is 14.2. The van der Waals surface area contributed by atoms with Gasteiger partial charge >= 0.3 is 0 Å². The van der Waals surface area contributed by atoms with E-state index in [1.54, 1.807) is 6.20 Å². The molecule has 1 aliphatic heterocycles. The van der Waals surface area contributed by atoms with Gasteiger partial charge in [-0.3, -0.25) is 9.48 Å². The van der Waals surface area contributed by atoms with Gasteiger partial charge in [-0.2, -0.15) is 5.10 Å². The number of anilines is 1.